The Bertz CT molecular complexity index is 1600. The van der Waals surface area contributed by atoms with Gasteiger partial charge in [-0.1, -0.05) is 24.3 Å². The van der Waals surface area contributed by atoms with E-state index in [0.29, 0.717) is 37.2 Å². The Kier molecular flexibility index (Phi) is 7.59. The number of hydrogen-bond acceptors (Lipinski definition) is 4. The van der Waals surface area contributed by atoms with Crippen LogP contribution in [-0.2, 0) is 17.5 Å². The van der Waals surface area contributed by atoms with Gasteiger partial charge >= 0.3 is 12.3 Å². The van der Waals surface area contributed by atoms with Crippen LogP contribution in [0.5, 0.6) is 0 Å². The molecule has 12 heteroatoms. The van der Waals surface area contributed by atoms with E-state index < -0.39 is 53.0 Å². The Morgan fingerprint density at radius 1 is 1.02 bits per heavy atom. The summed E-state index contributed by atoms with van der Waals surface area (Å²) in [5.41, 5.74) is -1.02. The highest BCUT2D eigenvalue weighted by atomic mass is 19.4. The van der Waals surface area contributed by atoms with Gasteiger partial charge in [0.25, 0.3) is 0 Å². The summed E-state index contributed by atoms with van der Waals surface area (Å²) in [6.07, 6.45) is -4.53. The number of nitrogens with one attached hydrogen (secondary N) is 1. The minimum absolute atomic E-state index is 0.133. The van der Waals surface area contributed by atoms with Crippen LogP contribution in [-0.4, -0.2) is 40.6 Å². The lowest BCUT2D eigenvalue weighted by Crippen LogP contribution is -2.40. The van der Waals surface area contributed by atoms with Crippen LogP contribution in [0.4, 0.5) is 36.8 Å². The van der Waals surface area contributed by atoms with E-state index >= 15 is 0 Å². The summed E-state index contributed by atoms with van der Waals surface area (Å²) < 4.78 is 90.5. The van der Waals surface area contributed by atoms with Gasteiger partial charge in [-0.25, -0.2) is 18.0 Å². The number of rotatable bonds is 5. The number of carbonyl (C=O) groups is 1. The number of anilines is 1. The van der Waals surface area contributed by atoms with E-state index in [1.165, 1.54) is 12.1 Å². The molecule has 0 saturated carbocycles. The fraction of sp³-hybridized carbons (Fsp3) is 0.333. The topological polar surface area (TPSA) is 59.4 Å². The van der Waals surface area contributed by atoms with Gasteiger partial charge in [-0.05, 0) is 45.4 Å². The number of amides is 1. The lowest BCUT2D eigenvalue weighted by atomic mass is 10.0. The predicted octanol–water partition coefficient (Wildman–Crippen LogP) is 7.29. The molecule has 1 amide bonds. The van der Waals surface area contributed by atoms with Crippen molar-refractivity contribution in [3.8, 4) is 11.3 Å². The molecule has 1 atom stereocenters. The summed E-state index contributed by atoms with van der Waals surface area (Å²) in [5.74, 6) is -3.46. The van der Waals surface area contributed by atoms with Crippen molar-refractivity contribution in [1.82, 2.24) is 15.1 Å². The molecule has 0 bridgehead atoms. The molecule has 1 N–H and O–H groups in total. The van der Waals surface area contributed by atoms with E-state index in [4.69, 9.17) is 4.74 Å². The number of carbonyl (C=O) groups excluding carboxylic acids is 1. The van der Waals surface area contributed by atoms with Crippen LogP contribution in [0.3, 0.4) is 0 Å². The minimum Gasteiger partial charge on any atom is -0.444 e. The van der Waals surface area contributed by atoms with Gasteiger partial charge in [0, 0.05) is 47.4 Å². The zero-order valence-corrected chi connectivity index (χ0v) is 23.0. The van der Waals surface area contributed by atoms with Crippen LogP contribution in [0.25, 0.3) is 22.2 Å². The quantitative estimate of drug-likeness (QED) is 0.248. The van der Waals surface area contributed by atoms with E-state index in [0.717, 1.165) is 16.4 Å². The Morgan fingerprint density at radius 3 is 2.31 bits per heavy atom. The first kappa shape index (κ1) is 29.3. The number of benzene rings is 3. The van der Waals surface area contributed by atoms with Crippen molar-refractivity contribution in [2.45, 2.75) is 51.6 Å². The highest BCUT2D eigenvalue weighted by molar-refractivity contribution is 5.95. The van der Waals surface area contributed by atoms with Gasteiger partial charge in [-0.3, -0.25) is 4.68 Å². The fourth-order valence-electron chi connectivity index (χ4n) is 5.09. The zero-order chi connectivity index (χ0) is 30.4. The average Bonchev–Trinajstić information content (AvgIpc) is 3.48. The zero-order valence-electron chi connectivity index (χ0n) is 23.0. The lowest BCUT2D eigenvalue weighted by molar-refractivity contribution is -0.136. The van der Waals surface area contributed by atoms with Gasteiger partial charge < -0.3 is 15.0 Å². The molecule has 0 radical (unpaired) electrons. The molecule has 1 aromatic heterocycles. The molecule has 3 aromatic carbocycles. The maximum absolute atomic E-state index is 14.5. The molecule has 6 nitrogen and oxygen atoms in total. The van der Waals surface area contributed by atoms with Gasteiger partial charge in [0.2, 0.25) is 0 Å². The van der Waals surface area contributed by atoms with Gasteiger partial charge in [0.15, 0.2) is 0 Å². The van der Waals surface area contributed by atoms with E-state index in [1.54, 1.807) is 45.0 Å². The number of hydrogen-bond donors (Lipinski definition) is 1. The fourth-order valence-corrected chi connectivity index (χ4v) is 5.09. The highest BCUT2D eigenvalue weighted by Gasteiger charge is 2.35. The molecule has 4 aromatic rings. The third-order valence-corrected chi connectivity index (χ3v) is 6.90. The van der Waals surface area contributed by atoms with Crippen molar-refractivity contribution in [2.75, 3.05) is 18.0 Å². The minimum atomic E-state index is -4.72. The monoisotopic (exact) mass is 590 g/mol. The number of alkyl carbamates (subject to hydrolysis) is 1. The molecule has 1 aliphatic heterocycles. The van der Waals surface area contributed by atoms with Gasteiger partial charge in [0.05, 0.1) is 23.8 Å². The molecule has 1 aliphatic rings. The Hall–Kier alpha value is -4.22. The average molecular weight is 591 g/mol. The summed E-state index contributed by atoms with van der Waals surface area (Å²) in [7, 11) is 0. The van der Waals surface area contributed by atoms with Crippen molar-refractivity contribution in [1.29, 1.82) is 0 Å². The molecular formula is C30H28F6N4O2. The van der Waals surface area contributed by atoms with Crippen LogP contribution >= 0.6 is 0 Å². The second kappa shape index (κ2) is 10.9. The first-order valence-electron chi connectivity index (χ1n) is 13.2. The maximum Gasteiger partial charge on any atom is 0.418 e. The molecule has 0 unspecified atom stereocenters. The molecule has 0 aliphatic carbocycles. The smallest absolute Gasteiger partial charge is 0.418 e. The summed E-state index contributed by atoms with van der Waals surface area (Å²) in [4.78, 5) is 14.2. The Balaban J connectivity index is 1.47. The van der Waals surface area contributed by atoms with Crippen molar-refractivity contribution in [3.05, 3.63) is 83.2 Å². The Morgan fingerprint density at radius 2 is 1.69 bits per heavy atom. The van der Waals surface area contributed by atoms with Crippen LogP contribution in [0, 0.1) is 17.5 Å². The third kappa shape index (κ3) is 6.17. The lowest BCUT2D eigenvalue weighted by Gasteiger charge is -2.22. The molecule has 42 heavy (non-hydrogen) atoms. The van der Waals surface area contributed by atoms with E-state index in [2.05, 4.69) is 10.4 Å². The standard InChI is InChI=1S/C30H28F6N4O2/c1-29(2,3)42-28(41)37-19-11-12-39(15-19)20-9-7-17(8-10-20)27-21-5-4-6-23(30(34,35)36)26(21)38-40(27)16-22-24(32)13-18(31)14-25(22)33/h4-10,13-14,19H,11-12,15-16H2,1-3H3,(H,37,41)/t19-/m1/s1. The summed E-state index contributed by atoms with van der Waals surface area (Å²) in [5, 5.41) is 7.13. The largest absolute Gasteiger partial charge is 0.444 e. The number of ether oxygens (including phenoxy) is 1. The second-order valence-electron chi connectivity index (χ2n) is 11.2. The first-order valence-corrected chi connectivity index (χ1v) is 13.2. The van der Waals surface area contributed by atoms with Crippen LogP contribution in [0.2, 0.25) is 0 Å². The van der Waals surface area contributed by atoms with Gasteiger partial charge in [-0.2, -0.15) is 18.3 Å². The second-order valence-corrected chi connectivity index (χ2v) is 11.2. The third-order valence-electron chi connectivity index (χ3n) is 6.90. The molecule has 2 heterocycles. The summed E-state index contributed by atoms with van der Waals surface area (Å²) >= 11 is 0. The van der Waals surface area contributed by atoms with Crippen molar-refractivity contribution < 1.29 is 35.9 Å². The summed E-state index contributed by atoms with van der Waals surface area (Å²) in [6.45, 7) is 5.95. The highest BCUT2D eigenvalue weighted by Crippen LogP contribution is 2.39. The Labute approximate surface area is 237 Å². The van der Waals surface area contributed by atoms with E-state index in [1.807, 2.05) is 4.90 Å². The van der Waals surface area contributed by atoms with E-state index in [-0.39, 0.29) is 22.6 Å². The SMILES string of the molecule is CC(C)(C)OC(=O)N[C@@H]1CCN(c2ccc(-c3c4cccc(C(F)(F)F)c4nn3Cc3c(F)cc(F)cc3F)cc2)C1. The van der Waals surface area contributed by atoms with Gasteiger partial charge in [0.1, 0.15) is 28.6 Å². The van der Waals surface area contributed by atoms with Crippen molar-refractivity contribution in [2.24, 2.45) is 0 Å². The van der Waals surface area contributed by atoms with Crippen LogP contribution in [0.1, 0.15) is 38.3 Å². The van der Waals surface area contributed by atoms with Crippen molar-refractivity contribution in [3.63, 3.8) is 0 Å². The van der Waals surface area contributed by atoms with Gasteiger partial charge in [-0.15, -0.1) is 0 Å². The maximum atomic E-state index is 14.5. The van der Waals surface area contributed by atoms with E-state index in [9.17, 15) is 31.1 Å². The van der Waals surface area contributed by atoms with Crippen LogP contribution < -0.4 is 10.2 Å². The number of nitrogens with zero attached hydrogens (tertiary/aromatic N) is 3. The molecule has 5 rings (SSSR count). The molecule has 0 spiro atoms. The predicted molar refractivity (Wildman–Crippen MR) is 146 cm³/mol. The number of fused-ring (bicyclic) bond motifs is 1. The normalized spacial score (nSPS) is 15.8. The van der Waals surface area contributed by atoms with Crippen molar-refractivity contribution >= 4 is 22.7 Å². The number of aromatic nitrogens is 2. The first-order chi connectivity index (χ1) is 19.7. The molecule has 1 saturated heterocycles. The molecular weight excluding hydrogens is 562 g/mol. The van der Waals surface area contributed by atoms with Crippen LogP contribution in [0.15, 0.2) is 54.6 Å². The number of halogens is 6. The number of alkyl halides is 3. The molecule has 1 fully saturated rings. The summed E-state index contributed by atoms with van der Waals surface area (Å²) in [6, 6.07) is 11.4. The molecule has 222 valence electrons.